The van der Waals surface area contributed by atoms with Crippen LogP contribution in [0.2, 0.25) is 0 Å². The number of ketones is 1. The third-order valence-corrected chi connectivity index (χ3v) is 4.03. The zero-order valence-corrected chi connectivity index (χ0v) is 11.2. The van der Waals surface area contributed by atoms with Crippen LogP contribution in [-0.4, -0.2) is 5.78 Å². The quantitative estimate of drug-likeness (QED) is 0.801. The van der Waals surface area contributed by atoms with Crippen LogP contribution in [0.25, 0.3) is 0 Å². The molecule has 98 valence electrons. The average Bonchev–Trinajstić information content (AvgIpc) is 2.75. The second kappa shape index (κ2) is 4.74. The van der Waals surface area contributed by atoms with Crippen molar-refractivity contribution in [2.75, 3.05) is 0 Å². The van der Waals surface area contributed by atoms with E-state index in [0.717, 1.165) is 12.2 Å². The second-order valence-electron chi connectivity index (χ2n) is 4.75. The van der Waals surface area contributed by atoms with E-state index in [9.17, 15) is 9.18 Å². The lowest BCUT2D eigenvalue weighted by molar-refractivity contribution is 0.0952. The van der Waals surface area contributed by atoms with Gasteiger partial charge in [-0.1, -0.05) is 18.3 Å². The van der Waals surface area contributed by atoms with Crippen LogP contribution in [-0.2, 0) is 6.42 Å². The molecule has 2 aromatic rings. The van der Waals surface area contributed by atoms with Crippen LogP contribution in [0.1, 0.15) is 28.8 Å². The fraction of sp³-hybridized carbons (Fsp3) is 0.286. The van der Waals surface area contributed by atoms with E-state index in [1.54, 1.807) is 12.1 Å². The average molecular weight is 277 g/mol. The molecule has 3 rings (SSSR count). The molecule has 3 nitrogen and oxygen atoms in total. The molecule has 1 aromatic heterocycles. The number of hydrogen-bond acceptors (Lipinski definition) is 4. The number of nitrogens with zero attached hydrogens (tertiary/aromatic N) is 1. The highest BCUT2D eigenvalue weighted by Gasteiger charge is 2.26. The van der Waals surface area contributed by atoms with Gasteiger partial charge in [0.1, 0.15) is 16.5 Å². The van der Waals surface area contributed by atoms with Crippen molar-refractivity contribution < 1.29 is 13.6 Å². The van der Waals surface area contributed by atoms with Gasteiger partial charge in [-0.15, -0.1) is 0 Å². The SMILES string of the molecule is CC1CC(=O)c2sc(=Nc3ccc(F)cc3)oc2C1. The summed E-state index contributed by atoms with van der Waals surface area (Å²) in [4.78, 5) is 17.3. The number of Topliss-reactive ketones (excluding diaryl/α,β-unsaturated/α-hetero) is 1. The molecule has 1 unspecified atom stereocenters. The topological polar surface area (TPSA) is 42.6 Å². The Hall–Kier alpha value is -1.75. The third-order valence-electron chi connectivity index (χ3n) is 3.02. The summed E-state index contributed by atoms with van der Waals surface area (Å²) in [6, 6.07) is 5.85. The molecule has 0 saturated carbocycles. The van der Waals surface area contributed by atoms with Crippen molar-refractivity contribution in [2.45, 2.75) is 19.8 Å². The number of carbonyl (C=O) groups excluding carboxylic acids is 1. The molecule has 0 radical (unpaired) electrons. The summed E-state index contributed by atoms with van der Waals surface area (Å²) < 4.78 is 18.4. The van der Waals surface area contributed by atoms with Crippen molar-refractivity contribution in [1.82, 2.24) is 0 Å². The van der Waals surface area contributed by atoms with Crippen LogP contribution in [0.3, 0.4) is 0 Å². The van der Waals surface area contributed by atoms with Crippen molar-refractivity contribution >= 4 is 22.8 Å². The maximum atomic E-state index is 12.8. The first-order chi connectivity index (χ1) is 9.11. The van der Waals surface area contributed by atoms with Crippen molar-refractivity contribution in [1.29, 1.82) is 0 Å². The zero-order chi connectivity index (χ0) is 13.4. The van der Waals surface area contributed by atoms with Crippen LogP contribution in [0.4, 0.5) is 10.1 Å². The Kier molecular flexibility index (Phi) is 3.06. The zero-order valence-electron chi connectivity index (χ0n) is 10.4. The molecule has 0 amide bonds. The summed E-state index contributed by atoms with van der Waals surface area (Å²) in [5.41, 5.74) is 0.615. The number of rotatable bonds is 1. The lowest BCUT2D eigenvalue weighted by Gasteiger charge is -2.13. The number of hydrogen-bond donors (Lipinski definition) is 0. The van der Waals surface area contributed by atoms with E-state index in [2.05, 4.69) is 4.99 Å². The van der Waals surface area contributed by atoms with Gasteiger partial charge in [0.05, 0.1) is 5.69 Å². The highest BCUT2D eigenvalue weighted by atomic mass is 32.1. The standard InChI is InChI=1S/C14H12FNO2S/c1-8-6-11(17)13-12(7-8)18-14(19-13)16-10-4-2-9(15)3-5-10/h2-5,8H,6-7H2,1H3. The Labute approximate surface area is 113 Å². The smallest absolute Gasteiger partial charge is 0.279 e. The van der Waals surface area contributed by atoms with Crippen LogP contribution < -0.4 is 4.87 Å². The maximum Gasteiger partial charge on any atom is 0.279 e. The summed E-state index contributed by atoms with van der Waals surface area (Å²) in [5.74, 6) is 0.875. The number of fused-ring (bicyclic) bond motifs is 1. The highest BCUT2D eigenvalue weighted by molar-refractivity contribution is 7.11. The number of benzene rings is 1. The molecule has 1 aromatic carbocycles. The van der Waals surface area contributed by atoms with E-state index in [-0.39, 0.29) is 11.6 Å². The Bertz CT molecular complexity index is 684. The summed E-state index contributed by atoms with van der Waals surface area (Å²) >= 11 is 1.27. The number of halogens is 1. The van der Waals surface area contributed by atoms with Gasteiger partial charge in [0.2, 0.25) is 0 Å². The molecule has 5 heteroatoms. The minimum absolute atomic E-state index is 0.128. The van der Waals surface area contributed by atoms with E-state index in [1.807, 2.05) is 6.92 Å². The Balaban J connectivity index is 2.01. The van der Waals surface area contributed by atoms with E-state index < -0.39 is 0 Å². The fourth-order valence-electron chi connectivity index (χ4n) is 2.13. The Morgan fingerprint density at radius 1 is 1.32 bits per heavy atom. The predicted octanol–water partition coefficient (Wildman–Crippen LogP) is 3.48. The van der Waals surface area contributed by atoms with E-state index in [4.69, 9.17) is 4.42 Å². The molecule has 1 atom stereocenters. The van der Waals surface area contributed by atoms with Crippen molar-refractivity contribution in [2.24, 2.45) is 10.9 Å². The maximum absolute atomic E-state index is 12.8. The molecule has 0 bridgehead atoms. The summed E-state index contributed by atoms with van der Waals surface area (Å²) in [5, 5.41) is 0. The second-order valence-corrected chi connectivity index (χ2v) is 5.71. The van der Waals surface area contributed by atoms with Gasteiger partial charge in [-0.3, -0.25) is 4.79 Å². The largest absolute Gasteiger partial charge is 0.434 e. The normalized spacial score (nSPS) is 19.6. The summed E-state index contributed by atoms with van der Waals surface area (Å²) in [6.07, 6.45) is 1.34. The van der Waals surface area contributed by atoms with E-state index in [0.29, 0.717) is 27.8 Å². The van der Waals surface area contributed by atoms with Crippen LogP contribution >= 0.6 is 11.3 Å². The molecule has 19 heavy (non-hydrogen) atoms. The molecular weight excluding hydrogens is 265 g/mol. The third kappa shape index (κ3) is 2.51. The Morgan fingerprint density at radius 3 is 2.79 bits per heavy atom. The summed E-state index contributed by atoms with van der Waals surface area (Å²) in [6.45, 7) is 2.03. The van der Waals surface area contributed by atoms with Gasteiger partial charge in [-0.25, -0.2) is 9.38 Å². The van der Waals surface area contributed by atoms with Gasteiger partial charge in [-0.05, 0) is 30.2 Å². The van der Waals surface area contributed by atoms with Crippen molar-refractivity contribution in [3.8, 4) is 0 Å². The fourth-order valence-corrected chi connectivity index (χ4v) is 3.03. The molecule has 0 saturated heterocycles. The molecular formula is C14H12FNO2S. The molecule has 0 N–H and O–H groups in total. The Morgan fingerprint density at radius 2 is 2.05 bits per heavy atom. The number of carbonyl (C=O) groups is 1. The van der Waals surface area contributed by atoms with Gasteiger partial charge < -0.3 is 4.42 Å². The first kappa shape index (κ1) is 12.3. The molecule has 1 aliphatic carbocycles. The molecule has 1 heterocycles. The van der Waals surface area contributed by atoms with Gasteiger partial charge >= 0.3 is 0 Å². The molecule has 0 spiro atoms. The van der Waals surface area contributed by atoms with E-state index in [1.165, 1.54) is 23.5 Å². The minimum Gasteiger partial charge on any atom is -0.434 e. The van der Waals surface area contributed by atoms with Gasteiger partial charge in [0.15, 0.2) is 5.78 Å². The molecule has 0 fully saturated rings. The first-order valence-corrected chi connectivity index (χ1v) is 6.90. The highest BCUT2D eigenvalue weighted by Crippen LogP contribution is 2.27. The van der Waals surface area contributed by atoms with Crippen LogP contribution in [0.15, 0.2) is 33.7 Å². The lowest BCUT2D eigenvalue weighted by atomic mass is 9.92. The summed E-state index contributed by atoms with van der Waals surface area (Å²) in [7, 11) is 0. The monoisotopic (exact) mass is 277 g/mol. The van der Waals surface area contributed by atoms with Gasteiger partial charge in [0, 0.05) is 12.8 Å². The minimum atomic E-state index is -0.301. The van der Waals surface area contributed by atoms with Crippen LogP contribution in [0.5, 0.6) is 0 Å². The van der Waals surface area contributed by atoms with Crippen LogP contribution in [0, 0.1) is 11.7 Å². The first-order valence-electron chi connectivity index (χ1n) is 6.08. The molecule has 0 aliphatic heterocycles. The van der Waals surface area contributed by atoms with E-state index >= 15 is 0 Å². The lowest BCUT2D eigenvalue weighted by Crippen LogP contribution is -2.15. The van der Waals surface area contributed by atoms with Crippen molar-refractivity contribution in [3.05, 3.63) is 45.6 Å². The van der Waals surface area contributed by atoms with Gasteiger partial charge in [-0.2, -0.15) is 0 Å². The molecule has 1 aliphatic rings. The van der Waals surface area contributed by atoms with Gasteiger partial charge in [0.25, 0.3) is 4.87 Å². The predicted molar refractivity (Wildman–Crippen MR) is 70.0 cm³/mol. The van der Waals surface area contributed by atoms with Crippen molar-refractivity contribution in [3.63, 3.8) is 0 Å².